The number of nitrogens with zero attached hydrogens (tertiary/aromatic N) is 2. The van der Waals surface area contributed by atoms with E-state index in [1.807, 2.05) is 54.6 Å². The predicted octanol–water partition coefficient (Wildman–Crippen LogP) is 3.87. The average Bonchev–Trinajstić information content (AvgIpc) is 3.23. The Hall–Kier alpha value is -2.99. The lowest BCUT2D eigenvalue weighted by Crippen LogP contribution is -2.30. The van der Waals surface area contributed by atoms with Gasteiger partial charge in [-0.2, -0.15) is 0 Å². The monoisotopic (exact) mass is 349 g/mol. The van der Waals surface area contributed by atoms with Crippen LogP contribution in [0, 0.1) is 0 Å². The van der Waals surface area contributed by atoms with Gasteiger partial charge in [0.25, 0.3) is 5.91 Å². The van der Waals surface area contributed by atoms with E-state index in [0.29, 0.717) is 10.7 Å². The van der Waals surface area contributed by atoms with Gasteiger partial charge < -0.3 is 10.2 Å². The molecule has 0 fully saturated rings. The molecule has 2 aromatic carbocycles. The summed E-state index contributed by atoms with van der Waals surface area (Å²) in [6, 6.07) is 16.6. The smallest absolute Gasteiger partial charge is 0.259 e. The van der Waals surface area contributed by atoms with Gasteiger partial charge in [-0.1, -0.05) is 36.4 Å². The van der Waals surface area contributed by atoms with Gasteiger partial charge in [0, 0.05) is 22.8 Å². The van der Waals surface area contributed by atoms with Gasteiger partial charge in [-0.15, -0.1) is 11.3 Å². The third-order valence-electron chi connectivity index (χ3n) is 4.17. The number of fused-ring (bicyclic) bond motifs is 1. The highest BCUT2D eigenvalue weighted by Gasteiger charge is 2.38. The zero-order valence-corrected chi connectivity index (χ0v) is 14.1. The van der Waals surface area contributed by atoms with Crippen molar-refractivity contribution in [3.63, 3.8) is 0 Å². The number of aromatic nitrogens is 1. The SMILES string of the molecule is O=C(CC1c2ccccc2C(=O)N1c1ccccc1)Nc1nccs1. The zero-order valence-electron chi connectivity index (χ0n) is 13.3. The van der Waals surface area contributed by atoms with Crippen molar-refractivity contribution >= 4 is 34.0 Å². The Balaban J connectivity index is 1.66. The van der Waals surface area contributed by atoms with E-state index >= 15 is 0 Å². The normalized spacial score (nSPS) is 15.9. The first kappa shape index (κ1) is 15.5. The lowest BCUT2D eigenvalue weighted by Gasteiger charge is -2.25. The molecule has 1 aliphatic heterocycles. The predicted molar refractivity (Wildman–Crippen MR) is 97.8 cm³/mol. The van der Waals surface area contributed by atoms with Crippen LogP contribution in [-0.4, -0.2) is 16.8 Å². The maximum atomic E-state index is 12.9. The number of hydrogen-bond donors (Lipinski definition) is 1. The first-order chi connectivity index (χ1) is 12.2. The van der Waals surface area contributed by atoms with Crippen LogP contribution >= 0.6 is 11.3 Å². The van der Waals surface area contributed by atoms with Crippen molar-refractivity contribution in [2.24, 2.45) is 0 Å². The Morgan fingerprint density at radius 2 is 1.88 bits per heavy atom. The van der Waals surface area contributed by atoms with Crippen LogP contribution in [0.2, 0.25) is 0 Å². The molecular weight excluding hydrogens is 334 g/mol. The number of benzene rings is 2. The van der Waals surface area contributed by atoms with E-state index in [1.165, 1.54) is 11.3 Å². The summed E-state index contributed by atoms with van der Waals surface area (Å²) in [5.41, 5.74) is 2.32. The number of carbonyl (C=O) groups excluding carboxylic acids is 2. The summed E-state index contributed by atoms with van der Waals surface area (Å²) in [6.45, 7) is 0. The molecule has 0 radical (unpaired) electrons. The third kappa shape index (κ3) is 2.92. The van der Waals surface area contributed by atoms with Gasteiger partial charge in [-0.05, 0) is 23.8 Å². The molecule has 6 heteroatoms. The second-order valence-electron chi connectivity index (χ2n) is 5.70. The molecule has 1 aromatic heterocycles. The highest BCUT2D eigenvalue weighted by molar-refractivity contribution is 7.13. The van der Waals surface area contributed by atoms with Gasteiger partial charge >= 0.3 is 0 Å². The van der Waals surface area contributed by atoms with Crippen LogP contribution in [0.4, 0.5) is 10.8 Å². The minimum atomic E-state index is -0.328. The molecule has 1 aliphatic rings. The Kier molecular flexibility index (Phi) is 4.03. The van der Waals surface area contributed by atoms with Crippen molar-refractivity contribution in [3.05, 3.63) is 77.3 Å². The number of anilines is 2. The van der Waals surface area contributed by atoms with Gasteiger partial charge in [0.1, 0.15) is 0 Å². The second kappa shape index (κ2) is 6.49. The summed E-state index contributed by atoms with van der Waals surface area (Å²) >= 11 is 1.37. The Bertz CT molecular complexity index is 909. The van der Waals surface area contributed by atoms with Crippen molar-refractivity contribution < 1.29 is 9.59 Å². The van der Waals surface area contributed by atoms with Crippen LogP contribution in [0.25, 0.3) is 0 Å². The topological polar surface area (TPSA) is 62.3 Å². The van der Waals surface area contributed by atoms with E-state index in [4.69, 9.17) is 0 Å². The lowest BCUT2D eigenvalue weighted by atomic mass is 10.0. The molecule has 0 bridgehead atoms. The number of nitrogens with one attached hydrogen (secondary N) is 1. The molecule has 5 nitrogen and oxygen atoms in total. The second-order valence-corrected chi connectivity index (χ2v) is 6.60. The Morgan fingerprint density at radius 3 is 2.64 bits per heavy atom. The van der Waals surface area contributed by atoms with E-state index in [0.717, 1.165) is 11.3 Å². The van der Waals surface area contributed by atoms with Crippen molar-refractivity contribution in [1.82, 2.24) is 4.98 Å². The Morgan fingerprint density at radius 1 is 1.12 bits per heavy atom. The fraction of sp³-hybridized carbons (Fsp3) is 0.105. The number of amides is 2. The van der Waals surface area contributed by atoms with E-state index in [2.05, 4.69) is 10.3 Å². The maximum absolute atomic E-state index is 12.9. The van der Waals surface area contributed by atoms with Crippen molar-refractivity contribution in [2.45, 2.75) is 12.5 Å². The maximum Gasteiger partial charge on any atom is 0.259 e. The van der Waals surface area contributed by atoms with Crippen LogP contribution in [0.5, 0.6) is 0 Å². The summed E-state index contributed by atoms with van der Waals surface area (Å²) in [6.07, 6.45) is 1.82. The highest BCUT2D eigenvalue weighted by atomic mass is 32.1. The molecule has 0 saturated heterocycles. The summed E-state index contributed by atoms with van der Waals surface area (Å²) in [7, 11) is 0. The van der Waals surface area contributed by atoms with E-state index in [9.17, 15) is 9.59 Å². The quantitative estimate of drug-likeness (QED) is 0.778. The number of carbonyl (C=O) groups is 2. The fourth-order valence-corrected chi connectivity index (χ4v) is 3.66. The van der Waals surface area contributed by atoms with Crippen LogP contribution < -0.4 is 10.2 Å². The fourth-order valence-electron chi connectivity index (χ4n) is 3.11. The number of rotatable bonds is 4. The molecule has 3 aromatic rings. The molecule has 1 atom stereocenters. The van der Waals surface area contributed by atoms with E-state index < -0.39 is 0 Å². The lowest BCUT2D eigenvalue weighted by molar-refractivity contribution is -0.116. The van der Waals surface area contributed by atoms with Gasteiger partial charge in [0.05, 0.1) is 12.5 Å². The van der Waals surface area contributed by atoms with Crippen molar-refractivity contribution in [2.75, 3.05) is 10.2 Å². The first-order valence-electron chi connectivity index (χ1n) is 7.91. The average molecular weight is 349 g/mol. The standard InChI is InChI=1S/C19H15N3O2S/c23-17(21-19-20-10-11-25-19)12-16-14-8-4-5-9-15(14)18(24)22(16)13-6-2-1-3-7-13/h1-11,16H,12H2,(H,20,21,23). The number of thiazole rings is 1. The van der Waals surface area contributed by atoms with Gasteiger partial charge in [-0.25, -0.2) is 4.98 Å². The van der Waals surface area contributed by atoms with E-state index in [1.54, 1.807) is 16.5 Å². The molecule has 4 rings (SSSR count). The largest absolute Gasteiger partial charge is 0.302 e. The van der Waals surface area contributed by atoms with Crippen LogP contribution in [0.1, 0.15) is 28.4 Å². The molecular formula is C19H15N3O2S. The summed E-state index contributed by atoms with van der Waals surface area (Å²) in [5.74, 6) is -0.237. The van der Waals surface area contributed by atoms with Gasteiger partial charge in [-0.3, -0.25) is 9.59 Å². The summed E-state index contributed by atoms with van der Waals surface area (Å²) < 4.78 is 0. The van der Waals surface area contributed by atoms with Crippen LogP contribution in [-0.2, 0) is 4.79 Å². The van der Waals surface area contributed by atoms with Gasteiger partial charge in [0.2, 0.25) is 5.91 Å². The third-order valence-corrected chi connectivity index (χ3v) is 4.86. The van der Waals surface area contributed by atoms with Crippen LogP contribution in [0.15, 0.2) is 66.2 Å². The molecule has 1 N–H and O–H groups in total. The highest BCUT2D eigenvalue weighted by Crippen LogP contribution is 2.39. The minimum absolute atomic E-state index is 0.0751. The van der Waals surface area contributed by atoms with Gasteiger partial charge in [0.15, 0.2) is 5.13 Å². The Labute approximate surface area is 148 Å². The van der Waals surface area contributed by atoms with Crippen molar-refractivity contribution in [1.29, 1.82) is 0 Å². The van der Waals surface area contributed by atoms with E-state index in [-0.39, 0.29) is 24.3 Å². The molecule has 124 valence electrons. The molecule has 2 amide bonds. The molecule has 25 heavy (non-hydrogen) atoms. The zero-order chi connectivity index (χ0) is 17.2. The summed E-state index contributed by atoms with van der Waals surface area (Å²) in [5, 5.41) is 5.17. The molecule has 0 aliphatic carbocycles. The van der Waals surface area contributed by atoms with Crippen LogP contribution in [0.3, 0.4) is 0 Å². The molecule has 1 unspecified atom stereocenters. The molecule has 0 spiro atoms. The van der Waals surface area contributed by atoms with Crippen molar-refractivity contribution in [3.8, 4) is 0 Å². The first-order valence-corrected chi connectivity index (χ1v) is 8.79. The molecule has 2 heterocycles. The minimum Gasteiger partial charge on any atom is -0.302 e. The molecule has 0 saturated carbocycles. The summed E-state index contributed by atoms with van der Waals surface area (Å²) in [4.78, 5) is 31.1. The number of hydrogen-bond acceptors (Lipinski definition) is 4. The number of para-hydroxylation sites is 1.